The van der Waals surface area contributed by atoms with E-state index >= 15 is 0 Å². The van der Waals surface area contributed by atoms with Gasteiger partial charge >= 0.3 is 11.9 Å². The Morgan fingerprint density at radius 1 is 0.839 bits per heavy atom. The van der Waals surface area contributed by atoms with E-state index in [4.69, 9.17) is 14.0 Å². The lowest BCUT2D eigenvalue weighted by Crippen LogP contribution is -2.21. The van der Waals surface area contributed by atoms with E-state index in [2.05, 4.69) is 19.6 Å². The van der Waals surface area contributed by atoms with Crippen molar-refractivity contribution >= 4 is 34.7 Å². The number of esters is 2. The zero-order chi connectivity index (χ0) is 23.6. The van der Waals surface area contributed by atoms with Crippen LogP contribution in [-0.2, 0) is 29.2 Å². The van der Waals surface area contributed by atoms with Crippen molar-refractivity contribution in [2.75, 3.05) is 24.7 Å². The van der Waals surface area contributed by atoms with Gasteiger partial charge in [0.2, 0.25) is 0 Å². The molecular formula is C22H40O7S2. The molecule has 9 heteroatoms. The van der Waals surface area contributed by atoms with E-state index in [1.165, 1.54) is 0 Å². The second kappa shape index (κ2) is 13.7. The first-order valence-electron chi connectivity index (χ1n) is 11.5. The molecular weight excluding hydrogens is 440 g/mol. The van der Waals surface area contributed by atoms with Crippen molar-refractivity contribution < 1.29 is 32.0 Å². The second-order valence-corrected chi connectivity index (χ2v) is 10.5. The third-order valence-electron chi connectivity index (χ3n) is 6.52. The molecule has 2 rings (SSSR count). The van der Waals surface area contributed by atoms with Crippen molar-refractivity contribution in [2.24, 2.45) is 35.5 Å². The van der Waals surface area contributed by atoms with Crippen molar-refractivity contribution in [1.82, 2.24) is 0 Å². The summed E-state index contributed by atoms with van der Waals surface area (Å²) in [4.78, 5) is 23.3. The van der Waals surface area contributed by atoms with Gasteiger partial charge in [-0.2, -0.15) is 21.0 Å². The first-order chi connectivity index (χ1) is 14.6. The quantitative estimate of drug-likeness (QED) is 0.291. The van der Waals surface area contributed by atoms with Crippen molar-refractivity contribution in [2.45, 2.75) is 66.2 Å². The van der Waals surface area contributed by atoms with Crippen molar-refractivity contribution in [3.63, 3.8) is 0 Å². The van der Waals surface area contributed by atoms with Crippen LogP contribution in [0.2, 0.25) is 0 Å². The van der Waals surface area contributed by atoms with Crippen LogP contribution in [0.4, 0.5) is 0 Å². The standard InChI is InChI=1S/C11H20O5S.C11H20O2S/c1-3-9-5-8(7-17(13,14)15)6-10(9)11(12)16-4-2;1-3-9-5-8(7-14)6-10(9)11(12)13-4-2/h8-10H,3-7H2,1-2H3,(H,13,14,15);8-10,14H,3-7H2,1-2H3. The zero-order valence-electron chi connectivity index (χ0n) is 19.3. The molecule has 0 aromatic heterocycles. The maximum Gasteiger partial charge on any atom is 0.309 e. The molecule has 0 saturated heterocycles. The van der Waals surface area contributed by atoms with Gasteiger partial charge in [-0.3, -0.25) is 14.1 Å². The van der Waals surface area contributed by atoms with Gasteiger partial charge in [-0.15, -0.1) is 0 Å². The Morgan fingerprint density at radius 2 is 1.26 bits per heavy atom. The molecule has 0 heterocycles. The molecule has 2 aliphatic carbocycles. The van der Waals surface area contributed by atoms with Gasteiger partial charge in [0.25, 0.3) is 10.1 Å². The summed E-state index contributed by atoms with van der Waals surface area (Å²) in [5.41, 5.74) is 0. The fourth-order valence-corrected chi connectivity index (χ4v) is 6.21. The maximum absolute atomic E-state index is 11.7. The van der Waals surface area contributed by atoms with Crippen LogP contribution >= 0.6 is 12.6 Å². The number of ether oxygens (including phenoxy) is 2. The summed E-state index contributed by atoms with van der Waals surface area (Å²) >= 11 is 4.30. The molecule has 0 aromatic carbocycles. The van der Waals surface area contributed by atoms with E-state index in [1.807, 2.05) is 13.8 Å². The lowest BCUT2D eigenvalue weighted by Gasteiger charge is -2.15. The van der Waals surface area contributed by atoms with Crippen LogP contribution in [0.3, 0.4) is 0 Å². The summed E-state index contributed by atoms with van der Waals surface area (Å²) in [6.45, 7) is 8.59. The Labute approximate surface area is 193 Å². The van der Waals surface area contributed by atoms with Crippen LogP contribution in [0.15, 0.2) is 0 Å². The van der Waals surface area contributed by atoms with Gasteiger partial charge in [0.1, 0.15) is 0 Å². The number of hydrogen-bond acceptors (Lipinski definition) is 7. The zero-order valence-corrected chi connectivity index (χ0v) is 21.0. The Morgan fingerprint density at radius 3 is 1.61 bits per heavy atom. The van der Waals surface area contributed by atoms with Gasteiger partial charge in [-0.05, 0) is 69.0 Å². The average Bonchev–Trinajstić information content (AvgIpc) is 3.31. The highest BCUT2D eigenvalue weighted by Gasteiger charge is 2.40. The van der Waals surface area contributed by atoms with Crippen molar-refractivity contribution in [3.05, 3.63) is 0 Å². The van der Waals surface area contributed by atoms with E-state index in [-0.39, 0.29) is 41.4 Å². The molecule has 7 nitrogen and oxygen atoms in total. The first-order valence-corrected chi connectivity index (χ1v) is 13.7. The number of thiol groups is 1. The van der Waals surface area contributed by atoms with Crippen LogP contribution in [0.1, 0.15) is 66.2 Å². The molecule has 2 fully saturated rings. The molecule has 6 atom stereocenters. The van der Waals surface area contributed by atoms with Crippen LogP contribution in [0.5, 0.6) is 0 Å². The summed E-state index contributed by atoms with van der Waals surface area (Å²) in [5.74, 6) is 1.49. The van der Waals surface area contributed by atoms with Gasteiger partial charge in [-0.25, -0.2) is 0 Å². The van der Waals surface area contributed by atoms with Gasteiger partial charge in [0, 0.05) is 0 Å². The van der Waals surface area contributed by atoms with Crippen molar-refractivity contribution in [3.8, 4) is 0 Å². The number of carbonyl (C=O) groups is 2. The smallest absolute Gasteiger partial charge is 0.309 e. The predicted octanol–water partition coefficient (Wildman–Crippen LogP) is 4.02. The van der Waals surface area contributed by atoms with Crippen LogP contribution < -0.4 is 0 Å². The molecule has 0 amide bonds. The normalized spacial score (nSPS) is 30.4. The van der Waals surface area contributed by atoms with Gasteiger partial charge in [-0.1, -0.05) is 26.7 Å². The maximum atomic E-state index is 11.7. The summed E-state index contributed by atoms with van der Waals surface area (Å²) < 4.78 is 40.5. The highest BCUT2D eigenvalue weighted by Crippen LogP contribution is 2.40. The number of rotatable bonds is 9. The number of carbonyl (C=O) groups excluding carboxylic acids is 2. The third-order valence-corrected chi connectivity index (χ3v) is 7.93. The van der Waals surface area contributed by atoms with Crippen LogP contribution in [0.25, 0.3) is 0 Å². The highest BCUT2D eigenvalue weighted by atomic mass is 32.2. The molecule has 2 saturated carbocycles. The second-order valence-electron chi connectivity index (χ2n) is 8.66. The average molecular weight is 481 g/mol. The van der Waals surface area contributed by atoms with Gasteiger partial charge in [0.05, 0.1) is 30.8 Å². The van der Waals surface area contributed by atoms with Crippen LogP contribution in [-0.4, -0.2) is 49.6 Å². The third kappa shape index (κ3) is 9.30. The number of hydrogen-bond donors (Lipinski definition) is 2. The van der Waals surface area contributed by atoms with E-state index in [0.717, 1.165) is 31.4 Å². The lowest BCUT2D eigenvalue weighted by atomic mass is 9.94. The molecule has 0 spiro atoms. The SMILES string of the molecule is CCOC(=O)C1CC(CS(=O)(=O)O)CC1CC.CCOC(=O)C1CC(CS)CC1CC. The van der Waals surface area contributed by atoms with E-state index in [0.29, 0.717) is 37.9 Å². The first kappa shape index (κ1) is 28.2. The fraction of sp³-hybridized carbons (Fsp3) is 0.909. The van der Waals surface area contributed by atoms with E-state index in [1.54, 1.807) is 6.92 Å². The summed E-state index contributed by atoms with van der Waals surface area (Å²) in [7, 11) is -3.95. The summed E-state index contributed by atoms with van der Waals surface area (Å²) in [6.07, 6.45) is 5.18. The Hall–Kier alpha value is -0.800. The molecule has 182 valence electrons. The molecule has 1 N–H and O–H groups in total. The minimum Gasteiger partial charge on any atom is -0.466 e. The topological polar surface area (TPSA) is 107 Å². The lowest BCUT2D eigenvalue weighted by molar-refractivity contribution is -0.150. The Kier molecular flexibility index (Phi) is 12.5. The summed E-state index contributed by atoms with van der Waals surface area (Å²) in [6, 6.07) is 0. The molecule has 0 aromatic rings. The monoisotopic (exact) mass is 480 g/mol. The van der Waals surface area contributed by atoms with Gasteiger partial charge in [0.15, 0.2) is 0 Å². The molecule has 6 unspecified atom stereocenters. The largest absolute Gasteiger partial charge is 0.466 e. The highest BCUT2D eigenvalue weighted by molar-refractivity contribution is 7.85. The molecule has 2 aliphatic rings. The molecule has 31 heavy (non-hydrogen) atoms. The minimum atomic E-state index is -3.95. The Balaban J connectivity index is 0.000000316. The fourth-order valence-electron chi connectivity index (χ4n) is 5.04. The van der Waals surface area contributed by atoms with Gasteiger partial charge < -0.3 is 9.47 Å². The van der Waals surface area contributed by atoms with E-state index in [9.17, 15) is 18.0 Å². The molecule has 0 radical (unpaired) electrons. The van der Waals surface area contributed by atoms with Crippen LogP contribution in [0, 0.1) is 35.5 Å². The minimum absolute atomic E-state index is 0.00336. The molecule has 0 bridgehead atoms. The summed E-state index contributed by atoms with van der Waals surface area (Å²) in [5, 5.41) is 0. The van der Waals surface area contributed by atoms with E-state index < -0.39 is 10.1 Å². The predicted molar refractivity (Wildman–Crippen MR) is 124 cm³/mol. The Bertz CT molecular complexity index is 665. The van der Waals surface area contributed by atoms with Crippen molar-refractivity contribution in [1.29, 1.82) is 0 Å². The molecule has 0 aliphatic heterocycles.